The molecule has 1 aliphatic carbocycles. The zero-order chi connectivity index (χ0) is 24.0. The first-order valence-corrected chi connectivity index (χ1v) is 13.3. The van der Waals surface area contributed by atoms with Gasteiger partial charge in [-0.3, -0.25) is 9.59 Å². The van der Waals surface area contributed by atoms with Gasteiger partial charge in [0.15, 0.2) is 0 Å². The van der Waals surface area contributed by atoms with Crippen molar-refractivity contribution in [3.63, 3.8) is 0 Å². The van der Waals surface area contributed by atoms with Crippen LogP contribution in [0.1, 0.15) is 51.4 Å². The highest BCUT2D eigenvalue weighted by molar-refractivity contribution is 7.14. The van der Waals surface area contributed by atoms with Crippen LogP contribution in [0.2, 0.25) is 0 Å². The molecular formula is C27H31N5O2S. The van der Waals surface area contributed by atoms with Crippen molar-refractivity contribution in [3.8, 4) is 0 Å². The summed E-state index contributed by atoms with van der Waals surface area (Å²) in [6.45, 7) is 2.78. The minimum Gasteiger partial charge on any atom is -0.339 e. The molecule has 1 aromatic carbocycles. The Morgan fingerprint density at radius 2 is 1.63 bits per heavy atom. The third-order valence-electron chi connectivity index (χ3n) is 6.75. The lowest BCUT2D eigenvalue weighted by Gasteiger charge is -2.34. The van der Waals surface area contributed by atoms with E-state index in [4.69, 9.17) is 0 Å². The molecule has 8 heteroatoms. The molecule has 0 spiro atoms. The van der Waals surface area contributed by atoms with Crippen LogP contribution in [0.15, 0.2) is 48.8 Å². The molecule has 0 bridgehead atoms. The van der Waals surface area contributed by atoms with E-state index < -0.39 is 0 Å². The minimum atomic E-state index is -0.0501. The molecule has 2 aliphatic rings. The van der Waals surface area contributed by atoms with Gasteiger partial charge < -0.3 is 15.1 Å². The van der Waals surface area contributed by atoms with Gasteiger partial charge in [0.05, 0.1) is 11.3 Å². The smallest absolute Gasteiger partial charge is 0.265 e. The monoisotopic (exact) mass is 489 g/mol. The van der Waals surface area contributed by atoms with Gasteiger partial charge in [0.1, 0.15) is 0 Å². The van der Waals surface area contributed by atoms with Crippen LogP contribution in [0.25, 0.3) is 0 Å². The van der Waals surface area contributed by atoms with Crippen LogP contribution >= 0.6 is 11.3 Å². The summed E-state index contributed by atoms with van der Waals surface area (Å²) < 4.78 is 0. The molecule has 3 aromatic rings. The number of benzene rings is 1. The topological polar surface area (TPSA) is 78.4 Å². The van der Waals surface area contributed by atoms with Crippen molar-refractivity contribution in [2.45, 2.75) is 44.9 Å². The molecule has 3 heterocycles. The predicted molar refractivity (Wildman–Crippen MR) is 139 cm³/mol. The molecule has 0 atom stereocenters. The number of rotatable bonds is 5. The van der Waals surface area contributed by atoms with E-state index in [1.807, 2.05) is 29.2 Å². The Morgan fingerprint density at radius 1 is 0.914 bits per heavy atom. The Hall–Kier alpha value is -3.26. The molecule has 0 radical (unpaired) electrons. The summed E-state index contributed by atoms with van der Waals surface area (Å²) in [7, 11) is 0. The van der Waals surface area contributed by atoms with Gasteiger partial charge >= 0.3 is 0 Å². The number of carbonyl (C=O) groups excluding carboxylic acids is 2. The van der Waals surface area contributed by atoms with E-state index in [9.17, 15) is 9.59 Å². The number of carbonyl (C=O) groups is 2. The SMILES string of the molecule is O=C(Nc1ccc(CC(=O)N2CCN(c3ncccn3)CC2)cc1)c1cc2c(s1)CCCCCC2. The van der Waals surface area contributed by atoms with Gasteiger partial charge in [0, 0.05) is 49.1 Å². The van der Waals surface area contributed by atoms with E-state index in [1.165, 1.54) is 36.1 Å². The summed E-state index contributed by atoms with van der Waals surface area (Å²) in [5, 5.41) is 3.02. The molecule has 182 valence electrons. The average Bonchev–Trinajstić information content (AvgIpc) is 3.28. The summed E-state index contributed by atoms with van der Waals surface area (Å²) in [5.74, 6) is 0.781. The lowest BCUT2D eigenvalue weighted by Crippen LogP contribution is -2.49. The Kier molecular flexibility index (Phi) is 7.37. The van der Waals surface area contributed by atoms with Gasteiger partial charge in [-0.2, -0.15) is 0 Å². The van der Waals surface area contributed by atoms with Crippen molar-refractivity contribution in [1.82, 2.24) is 14.9 Å². The summed E-state index contributed by atoms with van der Waals surface area (Å²) in [6, 6.07) is 11.5. The van der Waals surface area contributed by atoms with Gasteiger partial charge in [-0.05, 0) is 61.1 Å². The van der Waals surface area contributed by atoms with Gasteiger partial charge in [0.25, 0.3) is 5.91 Å². The highest BCUT2D eigenvalue weighted by Crippen LogP contribution is 2.29. The molecule has 5 rings (SSSR count). The van der Waals surface area contributed by atoms with Crippen molar-refractivity contribution >= 4 is 34.8 Å². The average molecular weight is 490 g/mol. The molecule has 2 aromatic heterocycles. The molecule has 1 N–H and O–H groups in total. The molecule has 35 heavy (non-hydrogen) atoms. The van der Waals surface area contributed by atoms with Crippen molar-refractivity contribution in [2.24, 2.45) is 0 Å². The highest BCUT2D eigenvalue weighted by atomic mass is 32.1. The molecule has 1 aliphatic heterocycles. The quantitative estimate of drug-likeness (QED) is 0.577. The van der Waals surface area contributed by atoms with E-state index in [0.29, 0.717) is 25.5 Å². The van der Waals surface area contributed by atoms with E-state index in [-0.39, 0.29) is 11.8 Å². The number of nitrogens with one attached hydrogen (secondary N) is 1. The number of thiophene rings is 1. The zero-order valence-electron chi connectivity index (χ0n) is 19.9. The predicted octanol–water partition coefficient (Wildman–Crippen LogP) is 4.34. The zero-order valence-corrected chi connectivity index (χ0v) is 20.7. The number of nitrogens with zero attached hydrogens (tertiary/aromatic N) is 4. The third-order valence-corrected chi connectivity index (χ3v) is 7.99. The van der Waals surface area contributed by atoms with Gasteiger partial charge in [-0.25, -0.2) is 9.97 Å². The maximum Gasteiger partial charge on any atom is 0.265 e. The number of amides is 2. The number of hydrogen-bond acceptors (Lipinski definition) is 6. The Balaban J connectivity index is 1.13. The van der Waals surface area contributed by atoms with E-state index in [1.54, 1.807) is 29.8 Å². The van der Waals surface area contributed by atoms with Crippen LogP contribution in [0.5, 0.6) is 0 Å². The first-order chi connectivity index (χ1) is 17.2. The molecule has 1 fully saturated rings. The van der Waals surface area contributed by atoms with Crippen LogP contribution < -0.4 is 10.2 Å². The van der Waals surface area contributed by atoms with Gasteiger partial charge in [-0.1, -0.05) is 25.0 Å². The fourth-order valence-corrected chi connectivity index (χ4v) is 5.90. The van der Waals surface area contributed by atoms with E-state index >= 15 is 0 Å². The van der Waals surface area contributed by atoms with Crippen molar-refractivity contribution < 1.29 is 9.59 Å². The maximum absolute atomic E-state index is 12.8. The van der Waals surface area contributed by atoms with E-state index in [2.05, 4.69) is 26.3 Å². The van der Waals surface area contributed by atoms with Gasteiger partial charge in [-0.15, -0.1) is 11.3 Å². The molecule has 7 nitrogen and oxygen atoms in total. The van der Waals surface area contributed by atoms with Crippen molar-refractivity contribution in [2.75, 3.05) is 36.4 Å². The molecule has 0 saturated carbocycles. The number of aromatic nitrogens is 2. The number of fused-ring (bicyclic) bond motifs is 1. The number of aryl methyl sites for hydroxylation is 2. The van der Waals surface area contributed by atoms with Crippen molar-refractivity contribution in [1.29, 1.82) is 0 Å². The maximum atomic E-state index is 12.8. The fourth-order valence-electron chi connectivity index (χ4n) is 4.75. The Morgan fingerprint density at radius 3 is 2.37 bits per heavy atom. The van der Waals surface area contributed by atoms with Crippen LogP contribution in [0, 0.1) is 0 Å². The lowest BCUT2D eigenvalue weighted by molar-refractivity contribution is -0.130. The standard InChI is InChI=1S/C27H31N5O2S/c33-25(31-14-16-32(17-15-31)27-28-12-5-13-29-27)18-20-8-10-22(11-9-20)30-26(34)24-19-21-6-3-1-2-4-7-23(21)35-24/h5,8-13,19H,1-4,6-7,14-18H2,(H,30,34). The first kappa shape index (κ1) is 23.5. The lowest BCUT2D eigenvalue weighted by atomic mass is 10.00. The van der Waals surface area contributed by atoms with Crippen LogP contribution in [0.4, 0.5) is 11.6 Å². The summed E-state index contributed by atoms with van der Waals surface area (Å²) in [4.78, 5) is 40.4. The first-order valence-electron chi connectivity index (χ1n) is 12.5. The second kappa shape index (κ2) is 11.0. The largest absolute Gasteiger partial charge is 0.339 e. The minimum absolute atomic E-state index is 0.0501. The van der Waals surface area contributed by atoms with Crippen molar-refractivity contribution in [3.05, 3.63) is 69.7 Å². The van der Waals surface area contributed by atoms with Crippen LogP contribution in [0.3, 0.4) is 0 Å². The van der Waals surface area contributed by atoms with Crippen LogP contribution in [-0.2, 0) is 24.1 Å². The van der Waals surface area contributed by atoms with Gasteiger partial charge in [0.2, 0.25) is 11.9 Å². The third kappa shape index (κ3) is 5.88. The van der Waals surface area contributed by atoms with E-state index in [0.717, 1.165) is 42.1 Å². The Bertz CT molecular complexity index is 1130. The highest BCUT2D eigenvalue weighted by Gasteiger charge is 2.22. The summed E-state index contributed by atoms with van der Waals surface area (Å²) >= 11 is 1.64. The molecular weight excluding hydrogens is 458 g/mol. The number of piperazine rings is 1. The second-order valence-corrected chi connectivity index (χ2v) is 10.4. The normalized spacial score (nSPS) is 16.2. The van der Waals surface area contributed by atoms with Crippen LogP contribution in [-0.4, -0.2) is 52.9 Å². The molecule has 1 saturated heterocycles. The Labute approximate surface area is 210 Å². The second-order valence-electron chi connectivity index (χ2n) is 9.22. The summed E-state index contributed by atoms with van der Waals surface area (Å²) in [5.41, 5.74) is 3.05. The summed E-state index contributed by atoms with van der Waals surface area (Å²) in [6.07, 6.45) is 11.0. The number of anilines is 2. The fraction of sp³-hybridized carbons (Fsp3) is 0.407. The number of hydrogen-bond donors (Lipinski definition) is 1. The molecule has 0 unspecified atom stereocenters. The molecule has 2 amide bonds.